The van der Waals surface area contributed by atoms with E-state index in [4.69, 9.17) is 21.1 Å². The fourth-order valence-corrected chi connectivity index (χ4v) is 4.65. The van der Waals surface area contributed by atoms with E-state index in [0.29, 0.717) is 29.8 Å². The van der Waals surface area contributed by atoms with Gasteiger partial charge in [0.2, 0.25) is 0 Å². The van der Waals surface area contributed by atoms with Crippen LogP contribution in [-0.4, -0.2) is 35.9 Å². The summed E-state index contributed by atoms with van der Waals surface area (Å²) in [6.45, 7) is 7.08. The number of carbonyl (C=O) groups excluding carboxylic acids is 3. The van der Waals surface area contributed by atoms with Gasteiger partial charge < -0.3 is 14.8 Å². The normalized spacial score (nSPS) is 23.1. The van der Waals surface area contributed by atoms with Crippen molar-refractivity contribution in [2.45, 2.75) is 52.6 Å². The maximum atomic E-state index is 13.7. The van der Waals surface area contributed by atoms with Crippen LogP contribution in [0.3, 0.4) is 0 Å². The molecule has 0 fully saturated rings. The highest BCUT2D eigenvalue weighted by Gasteiger charge is 2.47. The number of Topliss-reactive ketones (excluding diaryl/α,β-unsaturated/α-hetero) is 1. The Morgan fingerprint density at radius 3 is 2.62 bits per heavy atom. The lowest BCUT2D eigenvalue weighted by molar-refractivity contribution is -0.384. The number of ether oxygens (including phenoxy) is 2. The third kappa shape index (κ3) is 4.57. The van der Waals surface area contributed by atoms with Gasteiger partial charge in [0.05, 0.1) is 23.7 Å². The van der Waals surface area contributed by atoms with E-state index in [1.54, 1.807) is 20.8 Å². The number of carbonyl (C=O) groups is 3. The zero-order chi connectivity index (χ0) is 25.3. The number of nitrogens with one attached hydrogen (secondary N) is 1. The van der Waals surface area contributed by atoms with Crippen LogP contribution in [-0.2, 0) is 23.9 Å². The van der Waals surface area contributed by atoms with Crippen LogP contribution in [0.25, 0.3) is 0 Å². The molecule has 0 bridgehead atoms. The van der Waals surface area contributed by atoms with Crippen LogP contribution in [0.4, 0.5) is 5.69 Å². The number of dihydropyridines is 1. The second kappa shape index (κ2) is 9.97. The van der Waals surface area contributed by atoms with Crippen molar-refractivity contribution in [2.24, 2.45) is 11.8 Å². The maximum absolute atomic E-state index is 13.7. The molecule has 9 nitrogen and oxygen atoms in total. The van der Waals surface area contributed by atoms with Crippen molar-refractivity contribution >= 4 is 35.0 Å². The molecule has 1 aliphatic heterocycles. The Kier molecular flexibility index (Phi) is 7.45. The van der Waals surface area contributed by atoms with Crippen LogP contribution in [0.5, 0.6) is 0 Å². The predicted octanol–water partition coefficient (Wildman–Crippen LogP) is 4.20. The number of hydrogen-bond acceptors (Lipinski definition) is 8. The van der Waals surface area contributed by atoms with Crippen molar-refractivity contribution in [2.75, 3.05) is 7.11 Å². The first-order valence-electron chi connectivity index (χ1n) is 11.0. The number of methoxy groups -OCH3 is 1. The minimum absolute atomic E-state index is 0.0719. The summed E-state index contributed by atoms with van der Waals surface area (Å²) in [5.41, 5.74) is 1.37. The van der Waals surface area contributed by atoms with Gasteiger partial charge in [-0.05, 0) is 44.2 Å². The van der Waals surface area contributed by atoms with Gasteiger partial charge in [0.25, 0.3) is 5.69 Å². The summed E-state index contributed by atoms with van der Waals surface area (Å²) < 4.78 is 10.4. The lowest BCUT2D eigenvalue weighted by Gasteiger charge is -2.38. The van der Waals surface area contributed by atoms with Crippen molar-refractivity contribution in [3.05, 3.63) is 61.4 Å². The highest BCUT2D eigenvalue weighted by Crippen LogP contribution is 2.46. The van der Waals surface area contributed by atoms with Crippen molar-refractivity contribution < 1.29 is 28.8 Å². The van der Waals surface area contributed by atoms with Crippen molar-refractivity contribution in [1.82, 2.24) is 5.32 Å². The van der Waals surface area contributed by atoms with Gasteiger partial charge >= 0.3 is 11.9 Å². The van der Waals surface area contributed by atoms with Gasteiger partial charge in [-0.2, -0.15) is 0 Å². The number of halogens is 1. The lowest BCUT2D eigenvalue weighted by atomic mass is 9.69. The third-order valence-electron chi connectivity index (χ3n) is 6.35. The number of nitro groups is 1. The van der Waals surface area contributed by atoms with Gasteiger partial charge in [-0.25, -0.2) is 4.79 Å². The molecule has 0 amide bonds. The summed E-state index contributed by atoms with van der Waals surface area (Å²) in [5.74, 6) is -4.17. The SMILES string of the molecule is CC[C@@H](C)OC(=O)C1=C(C)NC2=C(C(=O)[C@H](C(=O)OC)[C@H](C)C2)[C@H]1c1ccc(Cl)c([N+](=O)[O-])c1. The molecule has 0 spiro atoms. The molecule has 1 N–H and O–H groups in total. The fourth-order valence-electron chi connectivity index (χ4n) is 4.46. The predicted molar refractivity (Wildman–Crippen MR) is 124 cm³/mol. The molecule has 1 aromatic rings. The zero-order valence-corrected chi connectivity index (χ0v) is 20.4. The molecule has 182 valence electrons. The van der Waals surface area contributed by atoms with Gasteiger partial charge in [0, 0.05) is 29.0 Å². The maximum Gasteiger partial charge on any atom is 0.337 e. The zero-order valence-electron chi connectivity index (χ0n) is 19.6. The molecule has 1 aromatic carbocycles. The topological polar surface area (TPSA) is 125 Å². The van der Waals surface area contributed by atoms with E-state index < -0.39 is 34.5 Å². The molecular formula is C24H27ClN2O7. The molecule has 0 radical (unpaired) electrons. The summed E-state index contributed by atoms with van der Waals surface area (Å²) >= 11 is 6.02. The van der Waals surface area contributed by atoms with Gasteiger partial charge in [0.1, 0.15) is 10.9 Å². The van der Waals surface area contributed by atoms with Crippen molar-refractivity contribution in [1.29, 1.82) is 0 Å². The number of benzene rings is 1. The lowest BCUT2D eigenvalue weighted by Crippen LogP contribution is -2.43. The Balaban J connectivity index is 2.23. The average Bonchev–Trinajstić information content (AvgIpc) is 2.77. The van der Waals surface area contributed by atoms with Crippen LogP contribution in [0.1, 0.15) is 52.0 Å². The molecule has 0 unspecified atom stereocenters. The quantitative estimate of drug-likeness (QED) is 0.272. The monoisotopic (exact) mass is 490 g/mol. The number of hydrogen-bond donors (Lipinski definition) is 1. The van der Waals surface area contributed by atoms with Crippen LogP contribution in [0.2, 0.25) is 5.02 Å². The summed E-state index contributed by atoms with van der Waals surface area (Å²) in [4.78, 5) is 50.3. The van der Waals surface area contributed by atoms with Crippen LogP contribution in [0, 0.1) is 22.0 Å². The number of rotatable bonds is 6. The molecule has 1 aliphatic carbocycles. The highest BCUT2D eigenvalue weighted by atomic mass is 35.5. The molecule has 0 saturated carbocycles. The smallest absolute Gasteiger partial charge is 0.337 e. The molecule has 34 heavy (non-hydrogen) atoms. The largest absolute Gasteiger partial charge is 0.468 e. The first kappa shape index (κ1) is 25.4. The van der Waals surface area contributed by atoms with Crippen LogP contribution in [0.15, 0.2) is 40.7 Å². The van der Waals surface area contributed by atoms with E-state index in [2.05, 4.69) is 5.32 Å². The Bertz CT molecular complexity index is 1120. The van der Waals surface area contributed by atoms with Crippen molar-refractivity contribution in [3.8, 4) is 0 Å². The van der Waals surface area contributed by atoms with E-state index in [1.807, 2.05) is 6.92 Å². The summed E-state index contributed by atoms with van der Waals surface area (Å²) in [6, 6.07) is 4.15. The highest BCUT2D eigenvalue weighted by molar-refractivity contribution is 6.32. The van der Waals surface area contributed by atoms with Crippen molar-refractivity contribution in [3.63, 3.8) is 0 Å². The summed E-state index contributed by atoms with van der Waals surface area (Å²) in [7, 11) is 1.21. The number of nitro benzene ring substituents is 1. The van der Waals surface area contributed by atoms with E-state index >= 15 is 0 Å². The molecule has 10 heteroatoms. The van der Waals surface area contributed by atoms with Gasteiger partial charge in [-0.15, -0.1) is 0 Å². The standard InChI is InChI=1S/C24H27ClN2O7/c1-6-12(3)34-24(30)19-13(4)26-16-9-11(2)18(23(29)33-5)22(28)21(16)20(19)14-7-8-15(25)17(10-14)27(31)32/h7-8,10-12,18,20,26H,6,9H2,1-5H3/t11-,12-,18-,20+/m1/s1. The van der Waals surface area contributed by atoms with Crippen LogP contribution >= 0.6 is 11.6 Å². The average molecular weight is 491 g/mol. The van der Waals surface area contributed by atoms with Gasteiger partial charge in [-0.1, -0.05) is 31.5 Å². The van der Waals surface area contributed by atoms with E-state index in [-0.39, 0.29) is 33.9 Å². The van der Waals surface area contributed by atoms with Crippen LogP contribution < -0.4 is 5.32 Å². The second-order valence-electron chi connectivity index (χ2n) is 8.63. The summed E-state index contributed by atoms with van der Waals surface area (Å²) in [5, 5.41) is 14.6. The van der Waals surface area contributed by atoms with E-state index in [0.717, 1.165) is 0 Å². The summed E-state index contributed by atoms with van der Waals surface area (Å²) in [6.07, 6.45) is 0.559. The first-order valence-corrected chi connectivity index (χ1v) is 11.4. The second-order valence-corrected chi connectivity index (χ2v) is 9.03. The molecular weight excluding hydrogens is 464 g/mol. The molecule has 0 aromatic heterocycles. The Labute approximate surface area is 202 Å². The molecule has 3 rings (SSSR count). The first-order chi connectivity index (χ1) is 16.0. The number of esters is 2. The number of allylic oxidation sites excluding steroid dienone is 3. The van der Waals surface area contributed by atoms with E-state index in [9.17, 15) is 24.5 Å². The Hall–Kier alpha value is -3.20. The number of nitrogens with zero attached hydrogens (tertiary/aromatic N) is 1. The molecule has 1 heterocycles. The minimum atomic E-state index is -1.06. The third-order valence-corrected chi connectivity index (χ3v) is 6.67. The minimum Gasteiger partial charge on any atom is -0.468 e. The fraction of sp³-hybridized carbons (Fsp3) is 0.458. The van der Waals surface area contributed by atoms with E-state index in [1.165, 1.54) is 25.3 Å². The molecule has 0 saturated heterocycles. The Morgan fingerprint density at radius 1 is 1.35 bits per heavy atom. The van der Waals surface area contributed by atoms with Gasteiger partial charge in [0.15, 0.2) is 5.78 Å². The van der Waals surface area contributed by atoms with Gasteiger partial charge in [-0.3, -0.25) is 19.7 Å². The molecule has 4 atom stereocenters. The Morgan fingerprint density at radius 2 is 2.03 bits per heavy atom. The number of ketones is 1. The molecule has 2 aliphatic rings.